The van der Waals surface area contributed by atoms with Gasteiger partial charge in [-0.3, -0.25) is 19.8 Å². The van der Waals surface area contributed by atoms with Crippen LogP contribution in [0.4, 0.5) is 0 Å². The van der Waals surface area contributed by atoms with Gasteiger partial charge in [0.15, 0.2) is 5.96 Å². The van der Waals surface area contributed by atoms with Gasteiger partial charge in [0.05, 0.1) is 25.5 Å². The van der Waals surface area contributed by atoms with Crippen molar-refractivity contribution in [2.75, 3.05) is 33.3 Å². The normalized spacial score (nSPS) is 18.7. The first-order valence-corrected chi connectivity index (χ1v) is 10.3. The van der Waals surface area contributed by atoms with E-state index in [1.54, 1.807) is 28.7 Å². The van der Waals surface area contributed by atoms with Crippen LogP contribution in [0.1, 0.15) is 45.4 Å². The molecule has 2 atom stereocenters. The van der Waals surface area contributed by atoms with Crippen LogP contribution in [0.2, 0.25) is 0 Å². The first kappa shape index (κ1) is 29.2. The molecule has 1 aliphatic carbocycles. The smallest absolute Gasteiger partial charge is 0.307 e. The molecular weight excluding hydrogens is 447 g/mol. The van der Waals surface area contributed by atoms with Gasteiger partial charge in [-0.15, -0.1) is 24.8 Å². The van der Waals surface area contributed by atoms with Crippen molar-refractivity contribution in [2.24, 2.45) is 11.5 Å². The van der Waals surface area contributed by atoms with Crippen molar-refractivity contribution in [3.05, 3.63) is 0 Å². The maximum absolute atomic E-state index is 12.8. The fraction of sp³-hybridized carbons (Fsp3) is 0.789. The van der Waals surface area contributed by atoms with Crippen molar-refractivity contribution in [3.8, 4) is 0 Å². The fourth-order valence-corrected chi connectivity index (χ4v) is 3.63. The second-order valence-electron chi connectivity index (χ2n) is 7.76. The van der Waals surface area contributed by atoms with Crippen molar-refractivity contribution >= 4 is 48.6 Å². The van der Waals surface area contributed by atoms with Gasteiger partial charge in [0, 0.05) is 38.8 Å². The molecule has 0 bridgehead atoms. The summed E-state index contributed by atoms with van der Waals surface area (Å²) in [6.07, 6.45) is 3.48. The zero-order valence-corrected chi connectivity index (χ0v) is 19.9. The highest BCUT2D eigenvalue weighted by Gasteiger charge is 2.36. The van der Waals surface area contributed by atoms with Crippen LogP contribution in [0.3, 0.4) is 0 Å². The molecule has 31 heavy (non-hydrogen) atoms. The molecular formula is C19H36Cl2N6O4. The van der Waals surface area contributed by atoms with E-state index < -0.39 is 6.04 Å². The van der Waals surface area contributed by atoms with Gasteiger partial charge in [0.1, 0.15) is 0 Å². The number of hydrogen-bond acceptors (Lipinski definition) is 6. The third-order valence-electron chi connectivity index (χ3n) is 5.52. The number of halogens is 2. The summed E-state index contributed by atoms with van der Waals surface area (Å²) in [6, 6.07) is -0.913. The summed E-state index contributed by atoms with van der Waals surface area (Å²) in [5.41, 5.74) is 11.6. The van der Waals surface area contributed by atoms with Gasteiger partial charge in [-0.25, -0.2) is 0 Å². The highest BCUT2D eigenvalue weighted by Crippen LogP contribution is 2.28. The molecule has 0 aromatic heterocycles. The Hall–Kier alpha value is -1.78. The van der Waals surface area contributed by atoms with E-state index in [0.717, 1.165) is 25.7 Å². The Balaban J connectivity index is 0.00000450. The van der Waals surface area contributed by atoms with Crippen LogP contribution < -0.4 is 11.5 Å². The molecule has 12 heteroatoms. The zero-order valence-electron chi connectivity index (χ0n) is 18.2. The molecule has 2 fully saturated rings. The lowest BCUT2D eigenvalue weighted by atomic mass is 10.0. The lowest BCUT2D eigenvalue weighted by Gasteiger charge is -2.38. The number of esters is 1. The van der Waals surface area contributed by atoms with Gasteiger partial charge in [0.2, 0.25) is 11.8 Å². The van der Waals surface area contributed by atoms with Crippen LogP contribution in [-0.4, -0.2) is 89.9 Å². The van der Waals surface area contributed by atoms with Gasteiger partial charge in [0.25, 0.3) is 0 Å². The number of likely N-dealkylation sites (N-methyl/N-ethyl adjacent to an activating group) is 1. The Morgan fingerprint density at radius 2 is 1.84 bits per heavy atom. The number of carbonyl (C=O) groups excluding carboxylic acids is 3. The molecule has 2 amide bonds. The van der Waals surface area contributed by atoms with Gasteiger partial charge in [-0.2, -0.15) is 0 Å². The number of carbonyl (C=O) groups is 3. The SMILES string of the molecule is CCOC(=O)CCN(C(=O)[C@@H](N)CC(=O)N(C)[C@H]1CCCN(C(=N)N)C1)C1CC1.Cl.Cl. The molecule has 1 saturated carbocycles. The molecule has 10 nitrogen and oxygen atoms in total. The predicted molar refractivity (Wildman–Crippen MR) is 122 cm³/mol. The fourth-order valence-electron chi connectivity index (χ4n) is 3.63. The standard InChI is InChI=1S/C19H34N6O4.2ClH/c1-3-29-17(27)8-10-25(13-6-7-13)18(28)15(20)11-16(26)23(2)14-5-4-9-24(12-14)19(21)22;;/h13-15H,3-12,20H2,1-2H3,(H3,21,22);2*1H/t14-,15-;;/m0../s1. The van der Waals surface area contributed by atoms with Crippen LogP contribution in [0.5, 0.6) is 0 Å². The lowest BCUT2D eigenvalue weighted by Crippen LogP contribution is -2.53. The summed E-state index contributed by atoms with van der Waals surface area (Å²) in [4.78, 5) is 42.1. The summed E-state index contributed by atoms with van der Waals surface area (Å²) in [5.74, 6) is -0.846. The van der Waals surface area contributed by atoms with E-state index in [0.29, 0.717) is 19.7 Å². The monoisotopic (exact) mass is 482 g/mol. The molecule has 0 spiro atoms. The second kappa shape index (κ2) is 13.6. The quantitative estimate of drug-likeness (QED) is 0.243. The highest BCUT2D eigenvalue weighted by atomic mass is 35.5. The van der Waals surface area contributed by atoms with Crippen molar-refractivity contribution in [3.63, 3.8) is 0 Å². The average Bonchev–Trinajstić information content (AvgIpc) is 3.52. The Morgan fingerprint density at radius 3 is 2.39 bits per heavy atom. The minimum Gasteiger partial charge on any atom is -0.466 e. The minimum atomic E-state index is -0.944. The molecule has 180 valence electrons. The summed E-state index contributed by atoms with van der Waals surface area (Å²) >= 11 is 0. The number of piperidine rings is 1. The lowest BCUT2D eigenvalue weighted by molar-refractivity contribution is -0.145. The van der Waals surface area contributed by atoms with E-state index >= 15 is 0 Å². The number of hydrogen-bond donors (Lipinski definition) is 3. The number of ether oxygens (including phenoxy) is 1. The number of rotatable bonds is 9. The van der Waals surface area contributed by atoms with E-state index in [4.69, 9.17) is 21.6 Å². The first-order chi connectivity index (χ1) is 13.7. The van der Waals surface area contributed by atoms with E-state index in [9.17, 15) is 14.4 Å². The molecule has 0 aromatic rings. The van der Waals surface area contributed by atoms with Crippen molar-refractivity contribution in [1.82, 2.24) is 14.7 Å². The Bertz CT molecular complexity index is 635. The van der Waals surface area contributed by atoms with Crippen LogP contribution >= 0.6 is 24.8 Å². The van der Waals surface area contributed by atoms with E-state index in [1.807, 2.05) is 0 Å². The summed E-state index contributed by atoms with van der Waals surface area (Å²) in [7, 11) is 1.70. The number of nitrogens with zero attached hydrogens (tertiary/aromatic N) is 3. The minimum absolute atomic E-state index is 0. The molecule has 1 aliphatic heterocycles. The van der Waals surface area contributed by atoms with Crippen LogP contribution in [0.25, 0.3) is 0 Å². The maximum Gasteiger partial charge on any atom is 0.307 e. The van der Waals surface area contributed by atoms with Gasteiger partial charge < -0.3 is 30.9 Å². The Kier molecular flexibility index (Phi) is 12.8. The average molecular weight is 483 g/mol. The first-order valence-electron chi connectivity index (χ1n) is 10.3. The summed E-state index contributed by atoms with van der Waals surface area (Å²) in [6.45, 7) is 3.52. The predicted octanol–water partition coefficient (Wildman–Crippen LogP) is 0.308. The van der Waals surface area contributed by atoms with Gasteiger partial charge in [-0.1, -0.05) is 0 Å². The second-order valence-corrected chi connectivity index (χ2v) is 7.76. The molecule has 1 saturated heterocycles. The molecule has 5 N–H and O–H groups in total. The van der Waals surface area contributed by atoms with Crippen LogP contribution in [0, 0.1) is 5.41 Å². The third kappa shape index (κ3) is 8.70. The van der Waals surface area contributed by atoms with Crippen LogP contribution in [-0.2, 0) is 19.1 Å². The van der Waals surface area contributed by atoms with Crippen molar-refractivity contribution in [2.45, 2.75) is 63.6 Å². The number of amides is 2. The molecule has 0 aromatic carbocycles. The van der Waals surface area contributed by atoms with Crippen molar-refractivity contribution in [1.29, 1.82) is 5.41 Å². The number of guanidine groups is 1. The molecule has 2 aliphatic rings. The number of nitrogens with two attached hydrogens (primary N) is 2. The van der Waals surface area contributed by atoms with E-state index in [1.165, 1.54) is 0 Å². The zero-order chi connectivity index (χ0) is 21.6. The van der Waals surface area contributed by atoms with Gasteiger partial charge in [-0.05, 0) is 32.6 Å². The van der Waals surface area contributed by atoms with Crippen molar-refractivity contribution < 1.29 is 19.1 Å². The summed E-state index contributed by atoms with van der Waals surface area (Å²) < 4.78 is 4.92. The van der Waals surface area contributed by atoms with Gasteiger partial charge >= 0.3 is 5.97 Å². The van der Waals surface area contributed by atoms with E-state index in [2.05, 4.69) is 0 Å². The number of nitrogens with one attached hydrogen (secondary N) is 1. The van der Waals surface area contributed by atoms with E-state index in [-0.39, 0.29) is 80.0 Å². The molecule has 0 radical (unpaired) electrons. The van der Waals surface area contributed by atoms with Crippen LogP contribution in [0.15, 0.2) is 0 Å². The molecule has 1 heterocycles. The molecule has 0 unspecified atom stereocenters. The highest BCUT2D eigenvalue weighted by molar-refractivity contribution is 5.89. The number of likely N-dealkylation sites (tertiary alicyclic amines) is 1. The Morgan fingerprint density at radius 1 is 1.19 bits per heavy atom. The topological polar surface area (TPSA) is 146 Å². The third-order valence-corrected chi connectivity index (χ3v) is 5.52. The Labute approximate surface area is 196 Å². The molecule has 2 rings (SSSR count). The summed E-state index contributed by atoms with van der Waals surface area (Å²) in [5, 5.41) is 7.58. The maximum atomic E-state index is 12.8. The largest absolute Gasteiger partial charge is 0.466 e.